The smallest absolute Gasteiger partial charge is 0.269 e. The fourth-order valence-corrected chi connectivity index (χ4v) is 2.47. The molecule has 28 heavy (non-hydrogen) atoms. The molecule has 2 aromatic carbocycles. The molecule has 0 atom stereocenters. The summed E-state index contributed by atoms with van der Waals surface area (Å²) in [6.45, 7) is 1.53. The van der Waals surface area contributed by atoms with Gasteiger partial charge in [-0.25, -0.2) is 0 Å². The third-order valence-electron chi connectivity index (χ3n) is 3.39. The Balaban J connectivity index is 1.75. The molecule has 146 valence electrons. The number of amides is 2. The average molecular weight is 467 g/mol. The van der Waals surface area contributed by atoms with E-state index in [1.165, 1.54) is 24.3 Å². The molecular formula is C17H15BrN4O5S. The minimum atomic E-state index is -0.566. The van der Waals surface area contributed by atoms with Gasteiger partial charge in [-0.2, -0.15) is 0 Å². The Morgan fingerprint density at radius 1 is 1.18 bits per heavy atom. The van der Waals surface area contributed by atoms with E-state index in [9.17, 15) is 19.7 Å². The van der Waals surface area contributed by atoms with Crippen molar-refractivity contribution in [3.8, 4) is 5.75 Å². The number of hydrogen-bond acceptors (Lipinski definition) is 6. The highest BCUT2D eigenvalue weighted by Crippen LogP contribution is 2.18. The fraction of sp³-hybridized carbons (Fsp3) is 0.118. The van der Waals surface area contributed by atoms with E-state index in [0.29, 0.717) is 5.56 Å². The summed E-state index contributed by atoms with van der Waals surface area (Å²) in [7, 11) is 0. The second-order valence-corrected chi connectivity index (χ2v) is 6.72. The first kappa shape index (κ1) is 21.3. The Kier molecular flexibility index (Phi) is 7.41. The first-order valence-electron chi connectivity index (χ1n) is 7.80. The van der Waals surface area contributed by atoms with Crippen molar-refractivity contribution in [3.05, 3.63) is 68.2 Å². The van der Waals surface area contributed by atoms with E-state index >= 15 is 0 Å². The van der Waals surface area contributed by atoms with Gasteiger partial charge in [0, 0.05) is 22.2 Å². The van der Waals surface area contributed by atoms with Crippen LogP contribution in [0.2, 0.25) is 0 Å². The largest absolute Gasteiger partial charge is 0.484 e. The molecule has 0 bridgehead atoms. The lowest BCUT2D eigenvalue weighted by molar-refractivity contribution is -0.384. The molecule has 3 N–H and O–H groups in total. The van der Waals surface area contributed by atoms with Crippen LogP contribution in [0.25, 0.3) is 0 Å². The first-order chi connectivity index (χ1) is 13.3. The normalized spacial score (nSPS) is 9.93. The van der Waals surface area contributed by atoms with Gasteiger partial charge in [0.25, 0.3) is 17.5 Å². The molecule has 0 spiro atoms. The van der Waals surface area contributed by atoms with Crippen LogP contribution in [0.5, 0.6) is 5.75 Å². The van der Waals surface area contributed by atoms with E-state index < -0.39 is 16.7 Å². The number of benzene rings is 2. The zero-order valence-corrected chi connectivity index (χ0v) is 16.9. The quantitative estimate of drug-likeness (QED) is 0.351. The summed E-state index contributed by atoms with van der Waals surface area (Å²) in [6.07, 6.45) is 0. The average Bonchev–Trinajstić information content (AvgIpc) is 2.67. The minimum Gasteiger partial charge on any atom is -0.484 e. The predicted octanol–water partition coefficient (Wildman–Crippen LogP) is 2.38. The molecule has 9 nitrogen and oxygen atoms in total. The number of nitrogens with zero attached hydrogens (tertiary/aromatic N) is 1. The molecule has 2 rings (SSSR count). The molecule has 0 unspecified atom stereocenters. The maximum Gasteiger partial charge on any atom is 0.269 e. The van der Waals surface area contributed by atoms with Gasteiger partial charge in [0.1, 0.15) is 5.75 Å². The maximum atomic E-state index is 12.0. The van der Waals surface area contributed by atoms with Crippen LogP contribution in [0, 0.1) is 17.0 Å². The maximum absolute atomic E-state index is 12.0. The molecule has 0 saturated carbocycles. The molecule has 0 fully saturated rings. The van der Waals surface area contributed by atoms with Crippen LogP contribution >= 0.6 is 28.1 Å². The Labute approximate surface area is 173 Å². The van der Waals surface area contributed by atoms with Crippen LogP contribution in [0.4, 0.5) is 5.69 Å². The number of nitro groups is 1. The van der Waals surface area contributed by atoms with Gasteiger partial charge < -0.3 is 4.74 Å². The summed E-state index contributed by atoms with van der Waals surface area (Å²) < 4.78 is 6.00. The van der Waals surface area contributed by atoms with E-state index in [2.05, 4.69) is 32.1 Å². The Morgan fingerprint density at radius 2 is 1.86 bits per heavy atom. The van der Waals surface area contributed by atoms with Crippen molar-refractivity contribution in [2.75, 3.05) is 6.61 Å². The Bertz CT molecular complexity index is 920. The van der Waals surface area contributed by atoms with Crippen molar-refractivity contribution in [2.24, 2.45) is 0 Å². The summed E-state index contributed by atoms with van der Waals surface area (Å²) in [6, 6.07) is 10.4. The molecule has 0 saturated heterocycles. The van der Waals surface area contributed by atoms with Crippen molar-refractivity contribution in [3.63, 3.8) is 0 Å². The van der Waals surface area contributed by atoms with Crippen LogP contribution < -0.4 is 20.9 Å². The number of carbonyl (C=O) groups excluding carboxylic acids is 2. The number of nitrogens with one attached hydrogen (secondary N) is 3. The highest BCUT2D eigenvalue weighted by molar-refractivity contribution is 9.10. The van der Waals surface area contributed by atoms with Crippen molar-refractivity contribution >= 4 is 50.8 Å². The third-order valence-corrected chi connectivity index (χ3v) is 4.45. The molecule has 2 aromatic rings. The third kappa shape index (κ3) is 6.28. The van der Waals surface area contributed by atoms with E-state index in [1.54, 1.807) is 18.2 Å². The molecule has 0 aliphatic rings. The van der Waals surface area contributed by atoms with Gasteiger partial charge in [-0.15, -0.1) is 0 Å². The molecule has 0 aliphatic carbocycles. The van der Waals surface area contributed by atoms with Crippen molar-refractivity contribution in [1.82, 2.24) is 16.2 Å². The molecule has 0 radical (unpaired) electrons. The van der Waals surface area contributed by atoms with Gasteiger partial charge in [0.05, 0.1) is 4.92 Å². The zero-order chi connectivity index (χ0) is 20.7. The molecule has 0 heterocycles. The first-order valence-corrected chi connectivity index (χ1v) is 9.00. The fourth-order valence-electron chi connectivity index (χ4n) is 1.93. The Morgan fingerprint density at radius 3 is 2.46 bits per heavy atom. The highest BCUT2D eigenvalue weighted by atomic mass is 79.9. The number of aryl methyl sites for hydroxylation is 1. The van der Waals surface area contributed by atoms with Crippen LogP contribution in [-0.4, -0.2) is 28.5 Å². The number of halogens is 1. The van der Waals surface area contributed by atoms with Crippen LogP contribution in [0.1, 0.15) is 15.9 Å². The van der Waals surface area contributed by atoms with Gasteiger partial charge in [0.2, 0.25) is 0 Å². The second kappa shape index (κ2) is 9.76. The highest BCUT2D eigenvalue weighted by Gasteiger charge is 2.10. The molecule has 11 heteroatoms. The number of non-ortho nitro benzene ring substituents is 1. The Hall–Kier alpha value is -3.05. The van der Waals surface area contributed by atoms with E-state index in [1.807, 2.05) is 6.92 Å². The van der Waals surface area contributed by atoms with Crippen LogP contribution in [-0.2, 0) is 4.79 Å². The number of thiocarbonyl (C=S) groups is 1. The number of hydrazine groups is 1. The van der Waals surface area contributed by atoms with Crippen LogP contribution in [0.15, 0.2) is 46.9 Å². The zero-order valence-electron chi connectivity index (χ0n) is 14.5. The van der Waals surface area contributed by atoms with Gasteiger partial charge in [-0.1, -0.05) is 22.0 Å². The molecule has 0 aliphatic heterocycles. The number of carbonyl (C=O) groups is 2. The molecular weight excluding hydrogens is 452 g/mol. The topological polar surface area (TPSA) is 123 Å². The summed E-state index contributed by atoms with van der Waals surface area (Å²) in [4.78, 5) is 33.9. The number of nitro benzene ring substituents is 1. The standard InChI is InChI=1S/C17H15BrN4O5S/c1-10-2-3-11(8-14(10)18)16(24)20-21-17(28)19-15(23)9-27-13-6-4-12(5-7-13)22(25)26/h2-8H,9H2,1H3,(H,20,24)(H2,19,21,23,28). The van der Waals surface area contributed by atoms with Gasteiger partial charge in [0.15, 0.2) is 11.7 Å². The SMILES string of the molecule is Cc1ccc(C(=O)NNC(=S)NC(=O)COc2ccc([N+](=O)[O-])cc2)cc1Br. The number of rotatable bonds is 5. The van der Waals surface area contributed by atoms with Crippen molar-refractivity contribution in [2.45, 2.75) is 6.92 Å². The lowest BCUT2D eigenvalue weighted by Crippen LogP contribution is -2.49. The minimum absolute atomic E-state index is 0.0847. The van der Waals surface area contributed by atoms with Gasteiger partial charge in [-0.3, -0.25) is 35.9 Å². The van der Waals surface area contributed by atoms with E-state index in [-0.39, 0.29) is 23.2 Å². The predicted molar refractivity (Wildman–Crippen MR) is 109 cm³/mol. The van der Waals surface area contributed by atoms with Crippen LogP contribution in [0.3, 0.4) is 0 Å². The summed E-state index contributed by atoms with van der Waals surface area (Å²) in [5, 5.41) is 12.8. The second-order valence-electron chi connectivity index (χ2n) is 5.46. The molecule has 2 amide bonds. The van der Waals surface area contributed by atoms with Gasteiger partial charge >= 0.3 is 0 Å². The van der Waals surface area contributed by atoms with Crippen molar-refractivity contribution < 1.29 is 19.2 Å². The summed E-state index contributed by atoms with van der Waals surface area (Å²) in [5.74, 6) is -0.708. The lowest BCUT2D eigenvalue weighted by Gasteiger charge is -2.11. The number of hydrogen-bond donors (Lipinski definition) is 3. The lowest BCUT2D eigenvalue weighted by atomic mass is 10.1. The molecule has 0 aromatic heterocycles. The van der Waals surface area contributed by atoms with E-state index in [4.69, 9.17) is 17.0 Å². The number of ether oxygens (including phenoxy) is 1. The summed E-state index contributed by atoms with van der Waals surface area (Å²) in [5.41, 5.74) is 6.09. The monoisotopic (exact) mass is 466 g/mol. The van der Waals surface area contributed by atoms with E-state index in [0.717, 1.165) is 10.0 Å². The van der Waals surface area contributed by atoms with Gasteiger partial charge in [-0.05, 0) is 49.0 Å². The van der Waals surface area contributed by atoms with Crippen molar-refractivity contribution in [1.29, 1.82) is 0 Å². The summed E-state index contributed by atoms with van der Waals surface area (Å²) >= 11 is 8.27.